The molecular formula is C10H16ClNOS. The van der Waals surface area contributed by atoms with Crippen molar-refractivity contribution < 1.29 is 5.11 Å². The van der Waals surface area contributed by atoms with Crippen LogP contribution in [0.4, 0.5) is 0 Å². The first-order valence-electron chi connectivity index (χ1n) is 4.75. The maximum atomic E-state index is 8.77. The Hall–Kier alpha value is -0.0900. The summed E-state index contributed by atoms with van der Waals surface area (Å²) in [5.74, 6) is 0. The molecule has 2 atom stereocenters. The molecule has 0 fully saturated rings. The lowest BCUT2D eigenvalue weighted by atomic mass is 10.2. The Kier molecular flexibility index (Phi) is 4.89. The van der Waals surface area contributed by atoms with E-state index in [9.17, 15) is 0 Å². The maximum Gasteiger partial charge on any atom is 0.0931 e. The van der Waals surface area contributed by atoms with Crippen LogP contribution in [0.15, 0.2) is 12.1 Å². The van der Waals surface area contributed by atoms with Crippen LogP contribution in [-0.4, -0.2) is 17.8 Å². The molecule has 0 aromatic carbocycles. The van der Waals surface area contributed by atoms with Gasteiger partial charge in [-0.05, 0) is 32.4 Å². The molecule has 4 heteroatoms. The largest absolute Gasteiger partial charge is 0.396 e. The molecule has 2 nitrogen and oxygen atoms in total. The Morgan fingerprint density at radius 1 is 1.50 bits per heavy atom. The SMILES string of the molecule is CC(N[C@H](C)CCO)c1ccc(Cl)s1. The quantitative estimate of drug-likeness (QED) is 0.820. The Labute approximate surface area is 93.9 Å². The summed E-state index contributed by atoms with van der Waals surface area (Å²) < 4.78 is 0.823. The van der Waals surface area contributed by atoms with Crippen molar-refractivity contribution in [3.05, 3.63) is 21.3 Å². The van der Waals surface area contributed by atoms with Crippen molar-refractivity contribution in [3.63, 3.8) is 0 Å². The van der Waals surface area contributed by atoms with E-state index in [1.54, 1.807) is 11.3 Å². The molecule has 1 aromatic heterocycles. The predicted molar refractivity (Wildman–Crippen MR) is 62.0 cm³/mol. The molecule has 0 aliphatic carbocycles. The molecule has 0 saturated carbocycles. The minimum absolute atomic E-state index is 0.228. The molecule has 1 aromatic rings. The Balaban J connectivity index is 2.45. The van der Waals surface area contributed by atoms with Crippen LogP contribution in [-0.2, 0) is 0 Å². The van der Waals surface area contributed by atoms with Gasteiger partial charge in [0.15, 0.2) is 0 Å². The average Bonchev–Trinajstić information content (AvgIpc) is 2.52. The maximum absolute atomic E-state index is 8.77. The van der Waals surface area contributed by atoms with Gasteiger partial charge >= 0.3 is 0 Å². The van der Waals surface area contributed by atoms with Gasteiger partial charge < -0.3 is 10.4 Å². The standard InChI is InChI=1S/C10H16ClNOS/c1-7(5-6-13)12-8(2)9-3-4-10(11)14-9/h3-4,7-8,12-13H,5-6H2,1-2H3/t7-,8?/m1/s1. The van der Waals surface area contributed by atoms with E-state index in [1.165, 1.54) is 4.88 Å². The summed E-state index contributed by atoms with van der Waals surface area (Å²) >= 11 is 7.45. The van der Waals surface area contributed by atoms with E-state index in [1.807, 2.05) is 12.1 Å². The lowest BCUT2D eigenvalue weighted by molar-refractivity contribution is 0.265. The topological polar surface area (TPSA) is 32.3 Å². The number of nitrogens with one attached hydrogen (secondary N) is 1. The van der Waals surface area contributed by atoms with E-state index in [0.29, 0.717) is 12.1 Å². The molecule has 0 bridgehead atoms. The van der Waals surface area contributed by atoms with Crippen molar-refractivity contribution in [1.82, 2.24) is 5.32 Å². The first kappa shape index (κ1) is 12.0. The van der Waals surface area contributed by atoms with Crippen LogP contribution < -0.4 is 5.32 Å². The van der Waals surface area contributed by atoms with Crippen molar-refractivity contribution in [2.45, 2.75) is 32.4 Å². The molecule has 1 heterocycles. The summed E-state index contributed by atoms with van der Waals surface area (Å²) in [6, 6.07) is 4.58. The minimum atomic E-state index is 0.228. The van der Waals surface area contributed by atoms with E-state index in [2.05, 4.69) is 19.2 Å². The molecule has 2 N–H and O–H groups in total. The fraction of sp³-hybridized carbons (Fsp3) is 0.600. The third kappa shape index (κ3) is 3.58. The van der Waals surface area contributed by atoms with Crippen LogP contribution in [0.3, 0.4) is 0 Å². The lowest BCUT2D eigenvalue weighted by Gasteiger charge is -2.18. The summed E-state index contributed by atoms with van der Waals surface area (Å²) in [4.78, 5) is 1.24. The molecule has 0 saturated heterocycles. The predicted octanol–water partition coefficient (Wildman–Crippen LogP) is 2.82. The molecule has 0 amide bonds. The fourth-order valence-corrected chi connectivity index (χ4v) is 2.42. The zero-order valence-electron chi connectivity index (χ0n) is 8.46. The third-order valence-corrected chi connectivity index (χ3v) is 3.53. The molecule has 0 spiro atoms. The number of hydrogen-bond acceptors (Lipinski definition) is 3. The highest BCUT2D eigenvalue weighted by Gasteiger charge is 2.10. The lowest BCUT2D eigenvalue weighted by Crippen LogP contribution is -2.29. The molecule has 0 radical (unpaired) electrons. The average molecular weight is 234 g/mol. The zero-order valence-corrected chi connectivity index (χ0v) is 10.0. The van der Waals surface area contributed by atoms with Gasteiger partial charge in [0.2, 0.25) is 0 Å². The van der Waals surface area contributed by atoms with Crippen molar-refractivity contribution in [2.75, 3.05) is 6.61 Å². The minimum Gasteiger partial charge on any atom is -0.396 e. The van der Waals surface area contributed by atoms with Crippen molar-refractivity contribution >= 4 is 22.9 Å². The van der Waals surface area contributed by atoms with E-state index in [-0.39, 0.29) is 6.61 Å². The van der Waals surface area contributed by atoms with Gasteiger partial charge in [0, 0.05) is 23.6 Å². The summed E-state index contributed by atoms with van der Waals surface area (Å²) in [7, 11) is 0. The molecule has 80 valence electrons. The van der Waals surface area contributed by atoms with Crippen LogP contribution in [0.1, 0.15) is 31.2 Å². The molecule has 1 rings (SSSR count). The third-order valence-electron chi connectivity index (χ3n) is 2.12. The van der Waals surface area contributed by atoms with Crippen molar-refractivity contribution in [2.24, 2.45) is 0 Å². The number of thiophene rings is 1. The smallest absolute Gasteiger partial charge is 0.0931 e. The van der Waals surface area contributed by atoms with Crippen LogP contribution in [0.25, 0.3) is 0 Å². The molecule has 1 unspecified atom stereocenters. The Morgan fingerprint density at radius 2 is 2.21 bits per heavy atom. The van der Waals surface area contributed by atoms with Gasteiger partial charge in [-0.15, -0.1) is 11.3 Å². The van der Waals surface area contributed by atoms with Gasteiger partial charge in [-0.25, -0.2) is 0 Å². The molecule has 0 aliphatic rings. The van der Waals surface area contributed by atoms with Crippen molar-refractivity contribution in [1.29, 1.82) is 0 Å². The number of halogens is 1. The van der Waals surface area contributed by atoms with Crippen LogP contribution >= 0.6 is 22.9 Å². The van der Waals surface area contributed by atoms with E-state index in [0.717, 1.165) is 10.8 Å². The highest BCUT2D eigenvalue weighted by Crippen LogP contribution is 2.26. The van der Waals surface area contributed by atoms with Crippen LogP contribution in [0.5, 0.6) is 0 Å². The highest BCUT2D eigenvalue weighted by molar-refractivity contribution is 7.16. The van der Waals surface area contributed by atoms with Crippen LogP contribution in [0.2, 0.25) is 4.34 Å². The van der Waals surface area contributed by atoms with Crippen LogP contribution in [0, 0.1) is 0 Å². The van der Waals surface area contributed by atoms with Crippen molar-refractivity contribution in [3.8, 4) is 0 Å². The van der Waals surface area contributed by atoms with Gasteiger partial charge in [0.05, 0.1) is 4.34 Å². The number of hydrogen-bond donors (Lipinski definition) is 2. The van der Waals surface area contributed by atoms with Gasteiger partial charge in [0.1, 0.15) is 0 Å². The fourth-order valence-electron chi connectivity index (χ4n) is 1.35. The summed E-state index contributed by atoms with van der Waals surface area (Å²) in [5.41, 5.74) is 0. The second-order valence-corrected chi connectivity index (χ2v) is 5.19. The number of aliphatic hydroxyl groups excluding tert-OH is 1. The van der Waals surface area contributed by atoms with Gasteiger partial charge in [-0.2, -0.15) is 0 Å². The summed E-state index contributed by atoms with van der Waals surface area (Å²) in [6.07, 6.45) is 0.781. The number of rotatable bonds is 5. The normalized spacial score (nSPS) is 15.4. The molecule has 0 aliphatic heterocycles. The second kappa shape index (κ2) is 5.71. The van der Waals surface area contributed by atoms with Gasteiger partial charge in [-0.1, -0.05) is 11.6 Å². The summed E-state index contributed by atoms with van der Waals surface area (Å²) in [6.45, 7) is 4.41. The number of aliphatic hydroxyl groups is 1. The van der Waals surface area contributed by atoms with Gasteiger partial charge in [-0.3, -0.25) is 0 Å². The van der Waals surface area contributed by atoms with E-state index >= 15 is 0 Å². The summed E-state index contributed by atoms with van der Waals surface area (Å²) in [5, 5.41) is 12.2. The first-order valence-corrected chi connectivity index (χ1v) is 5.95. The zero-order chi connectivity index (χ0) is 10.6. The Bertz CT molecular complexity index is 277. The van der Waals surface area contributed by atoms with E-state index in [4.69, 9.17) is 16.7 Å². The van der Waals surface area contributed by atoms with E-state index < -0.39 is 0 Å². The first-order chi connectivity index (χ1) is 6.63. The monoisotopic (exact) mass is 233 g/mol. The molecule has 14 heavy (non-hydrogen) atoms. The van der Waals surface area contributed by atoms with Gasteiger partial charge in [0.25, 0.3) is 0 Å². The molecular weight excluding hydrogens is 218 g/mol. The second-order valence-electron chi connectivity index (χ2n) is 3.44. The Morgan fingerprint density at radius 3 is 2.71 bits per heavy atom. The highest BCUT2D eigenvalue weighted by atomic mass is 35.5.